The average Bonchev–Trinajstić information content (AvgIpc) is 2.48. The lowest BCUT2D eigenvalue weighted by molar-refractivity contribution is -0.142. The number of hydrogen-bond donors (Lipinski definition) is 0. The van der Waals surface area contributed by atoms with Crippen LogP contribution >= 0.6 is 0 Å². The lowest BCUT2D eigenvalue weighted by Crippen LogP contribution is -2.45. The van der Waals surface area contributed by atoms with Gasteiger partial charge in [-0.1, -0.05) is 0 Å². The number of ether oxygens (including phenoxy) is 2. The maximum atomic E-state index is 12.5. The van der Waals surface area contributed by atoms with Gasteiger partial charge in [0.2, 0.25) is 0 Å². The van der Waals surface area contributed by atoms with Gasteiger partial charge in [-0.2, -0.15) is 0 Å². The van der Waals surface area contributed by atoms with E-state index in [1.165, 1.54) is 0 Å². The number of rotatable bonds is 2. The lowest BCUT2D eigenvalue weighted by Gasteiger charge is -2.42. The van der Waals surface area contributed by atoms with Gasteiger partial charge in [-0.15, -0.1) is 0 Å². The SMILES string of the molecule is O=C(c1ccncc1)C1CCOC2(CCOCC2)C1. The second-order valence-electron chi connectivity index (χ2n) is 5.43. The van der Waals surface area contributed by atoms with Crippen LogP contribution in [0.3, 0.4) is 0 Å². The Morgan fingerprint density at radius 1 is 1.21 bits per heavy atom. The van der Waals surface area contributed by atoms with E-state index in [2.05, 4.69) is 4.98 Å². The van der Waals surface area contributed by atoms with Gasteiger partial charge in [0.1, 0.15) is 0 Å². The average molecular weight is 261 g/mol. The van der Waals surface area contributed by atoms with Gasteiger partial charge in [-0.05, 0) is 37.8 Å². The summed E-state index contributed by atoms with van der Waals surface area (Å²) < 4.78 is 11.4. The number of ketones is 1. The van der Waals surface area contributed by atoms with Crippen LogP contribution in [0.2, 0.25) is 0 Å². The molecular weight excluding hydrogens is 242 g/mol. The van der Waals surface area contributed by atoms with Gasteiger partial charge in [-0.3, -0.25) is 9.78 Å². The highest BCUT2D eigenvalue weighted by atomic mass is 16.5. The first kappa shape index (κ1) is 12.8. The molecule has 1 spiro atoms. The summed E-state index contributed by atoms with van der Waals surface area (Å²) in [6, 6.07) is 3.60. The maximum absolute atomic E-state index is 12.5. The molecule has 1 aromatic rings. The van der Waals surface area contributed by atoms with Crippen molar-refractivity contribution in [2.75, 3.05) is 19.8 Å². The Kier molecular flexibility index (Phi) is 3.62. The molecule has 2 aliphatic rings. The quantitative estimate of drug-likeness (QED) is 0.766. The molecular formula is C15H19NO3. The third-order valence-corrected chi connectivity index (χ3v) is 4.23. The van der Waals surface area contributed by atoms with Gasteiger partial charge in [0.15, 0.2) is 5.78 Å². The molecule has 0 aromatic carbocycles. The molecule has 3 rings (SSSR count). The highest BCUT2D eigenvalue weighted by Gasteiger charge is 2.41. The molecule has 0 saturated carbocycles. The van der Waals surface area contributed by atoms with E-state index in [0.717, 1.165) is 44.5 Å². The van der Waals surface area contributed by atoms with E-state index < -0.39 is 0 Å². The maximum Gasteiger partial charge on any atom is 0.166 e. The zero-order chi connectivity index (χ0) is 13.1. The molecule has 4 heteroatoms. The number of carbonyl (C=O) groups is 1. The highest BCUT2D eigenvalue weighted by molar-refractivity contribution is 5.97. The van der Waals surface area contributed by atoms with Gasteiger partial charge in [0.25, 0.3) is 0 Å². The van der Waals surface area contributed by atoms with E-state index in [-0.39, 0.29) is 17.3 Å². The first-order valence-corrected chi connectivity index (χ1v) is 6.95. The van der Waals surface area contributed by atoms with Crippen molar-refractivity contribution in [2.24, 2.45) is 5.92 Å². The molecule has 0 radical (unpaired) electrons. The van der Waals surface area contributed by atoms with Gasteiger partial charge < -0.3 is 9.47 Å². The van der Waals surface area contributed by atoms with Crippen LogP contribution in [0, 0.1) is 5.92 Å². The summed E-state index contributed by atoms with van der Waals surface area (Å²) >= 11 is 0. The minimum absolute atomic E-state index is 0.0780. The van der Waals surface area contributed by atoms with Crippen LogP contribution in [-0.2, 0) is 9.47 Å². The van der Waals surface area contributed by atoms with Crippen molar-refractivity contribution in [1.82, 2.24) is 4.98 Å². The lowest BCUT2D eigenvalue weighted by atomic mass is 9.78. The van der Waals surface area contributed by atoms with E-state index in [4.69, 9.17) is 9.47 Å². The van der Waals surface area contributed by atoms with Crippen molar-refractivity contribution in [2.45, 2.75) is 31.3 Å². The van der Waals surface area contributed by atoms with Crippen molar-refractivity contribution in [3.05, 3.63) is 30.1 Å². The van der Waals surface area contributed by atoms with Gasteiger partial charge in [0.05, 0.1) is 5.60 Å². The van der Waals surface area contributed by atoms with E-state index in [1.807, 2.05) is 0 Å². The predicted octanol–water partition coefficient (Wildman–Crippen LogP) is 2.24. The summed E-state index contributed by atoms with van der Waals surface area (Å²) in [6.45, 7) is 2.17. The van der Waals surface area contributed by atoms with E-state index in [1.54, 1.807) is 24.5 Å². The molecule has 19 heavy (non-hydrogen) atoms. The fourth-order valence-corrected chi connectivity index (χ4v) is 3.10. The van der Waals surface area contributed by atoms with Crippen molar-refractivity contribution in [3.8, 4) is 0 Å². The molecule has 0 amide bonds. The zero-order valence-corrected chi connectivity index (χ0v) is 11.0. The summed E-state index contributed by atoms with van der Waals surface area (Å²) in [5, 5.41) is 0. The monoisotopic (exact) mass is 261 g/mol. The molecule has 0 bridgehead atoms. The van der Waals surface area contributed by atoms with Crippen LogP contribution in [0.5, 0.6) is 0 Å². The molecule has 2 aliphatic heterocycles. The van der Waals surface area contributed by atoms with Gasteiger partial charge in [0, 0.05) is 43.7 Å². The van der Waals surface area contributed by atoms with E-state index in [0.29, 0.717) is 6.61 Å². The third kappa shape index (κ3) is 2.69. The van der Waals surface area contributed by atoms with E-state index in [9.17, 15) is 4.79 Å². The van der Waals surface area contributed by atoms with Crippen molar-refractivity contribution < 1.29 is 14.3 Å². The number of hydrogen-bond acceptors (Lipinski definition) is 4. The Balaban J connectivity index is 1.73. The molecule has 1 aromatic heterocycles. The standard InChI is InChI=1S/C15H19NO3/c17-14(12-1-6-16-7-2-12)13-3-8-19-15(11-13)4-9-18-10-5-15/h1-2,6-7,13H,3-5,8-11H2. The van der Waals surface area contributed by atoms with Crippen LogP contribution in [0.4, 0.5) is 0 Å². The normalized spacial score (nSPS) is 26.2. The first-order chi connectivity index (χ1) is 9.29. The van der Waals surface area contributed by atoms with Crippen LogP contribution in [0.25, 0.3) is 0 Å². The van der Waals surface area contributed by atoms with Crippen molar-refractivity contribution in [1.29, 1.82) is 0 Å². The van der Waals surface area contributed by atoms with Crippen molar-refractivity contribution >= 4 is 5.78 Å². The number of Topliss-reactive ketones (excluding diaryl/α,β-unsaturated/α-hetero) is 1. The Hall–Kier alpha value is -1.26. The fourth-order valence-electron chi connectivity index (χ4n) is 3.10. The first-order valence-electron chi connectivity index (χ1n) is 6.95. The smallest absolute Gasteiger partial charge is 0.166 e. The molecule has 1 unspecified atom stereocenters. The second-order valence-corrected chi connectivity index (χ2v) is 5.43. The Morgan fingerprint density at radius 3 is 2.68 bits per heavy atom. The summed E-state index contributed by atoms with van der Waals surface area (Å²) in [7, 11) is 0. The number of aromatic nitrogens is 1. The minimum Gasteiger partial charge on any atom is -0.381 e. The number of nitrogens with zero attached hydrogens (tertiary/aromatic N) is 1. The zero-order valence-electron chi connectivity index (χ0n) is 11.0. The third-order valence-electron chi connectivity index (χ3n) is 4.23. The molecule has 0 N–H and O–H groups in total. The van der Waals surface area contributed by atoms with Gasteiger partial charge in [-0.25, -0.2) is 0 Å². The van der Waals surface area contributed by atoms with Gasteiger partial charge >= 0.3 is 0 Å². The number of pyridine rings is 1. The number of carbonyl (C=O) groups excluding carboxylic acids is 1. The highest BCUT2D eigenvalue weighted by Crippen LogP contribution is 2.38. The Labute approximate surface area is 113 Å². The summed E-state index contributed by atoms with van der Waals surface area (Å²) in [4.78, 5) is 16.5. The predicted molar refractivity (Wildman–Crippen MR) is 70.0 cm³/mol. The Bertz CT molecular complexity index is 434. The minimum atomic E-state index is -0.121. The van der Waals surface area contributed by atoms with Crippen LogP contribution in [0.1, 0.15) is 36.0 Å². The molecule has 102 valence electrons. The molecule has 1 atom stereocenters. The Morgan fingerprint density at radius 2 is 1.95 bits per heavy atom. The molecule has 4 nitrogen and oxygen atoms in total. The molecule has 2 saturated heterocycles. The summed E-state index contributed by atoms with van der Waals surface area (Å²) in [6.07, 6.45) is 6.83. The van der Waals surface area contributed by atoms with Crippen LogP contribution < -0.4 is 0 Å². The van der Waals surface area contributed by atoms with Crippen LogP contribution in [-0.4, -0.2) is 36.2 Å². The molecule has 0 aliphatic carbocycles. The summed E-state index contributed by atoms with van der Waals surface area (Å²) in [5.41, 5.74) is 0.647. The fraction of sp³-hybridized carbons (Fsp3) is 0.600. The largest absolute Gasteiger partial charge is 0.381 e. The second kappa shape index (κ2) is 5.39. The molecule has 3 heterocycles. The van der Waals surface area contributed by atoms with E-state index >= 15 is 0 Å². The van der Waals surface area contributed by atoms with Crippen molar-refractivity contribution in [3.63, 3.8) is 0 Å². The van der Waals surface area contributed by atoms with Crippen LogP contribution in [0.15, 0.2) is 24.5 Å². The topological polar surface area (TPSA) is 48.4 Å². The summed E-state index contributed by atoms with van der Waals surface area (Å²) in [5.74, 6) is 0.311. The molecule has 2 fully saturated rings.